The molecule has 0 radical (unpaired) electrons. The largest absolute Gasteiger partial charge is 0.483 e. The van der Waals surface area contributed by atoms with Gasteiger partial charge in [-0.2, -0.15) is 0 Å². The Kier molecular flexibility index (Phi) is 8.20. The first-order valence-corrected chi connectivity index (χ1v) is 11.0. The zero-order valence-corrected chi connectivity index (χ0v) is 18.4. The molecule has 3 fully saturated rings. The Morgan fingerprint density at radius 1 is 1.38 bits per heavy atom. The van der Waals surface area contributed by atoms with Crippen molar-refractivity contribution in [3.8, 4) is 0 Å². The third-order valence-corrected chi connectivity index (χ3v) is 6.44. The molecule has 3 aliphatic rings. The molecule has 3 saturated heterocycles. The fourth-order valence-corrected chi connectivity index (χ4v) is 5.22. The minimum absolute atomic E-state index is 0.00314. The molecule has 4 heterocycles. The second-order valence-electron chi connectivity index (χ2n) is 8.34. The number of anilines is 2. The highest BCUT2D eigenvalue weighted by molar-refractivity contribution is 5.79. The van der Waals surface area contributed by atoms with Gasteiger partial charge in [-0.3, -0.25) is 14.4 Å². The van der Waals surface area contributed by atoms with Gasteiger partial charge in [0, 0.05) is 44.8 Å². The van der Waals surface area contributed by atoms with E-state index in [1.807, 2.05) is 13.0 Å². The van der Waals surface area contributed by atoms with E-state index in [4.69, 9.17) is 20.4 Å². The quantitative estimate of drug-likeness (QED) is 0.515. The van der Waals surface area contributed by atoms with Crippen molar-refractivity contribution in [2.24, 2.45) is 11.8 Å². The fourth-order valence-electron chi connectivity index (χ4n) is 5.22. The van der Waals surface area contributed by atoms with Crippen LogP contribution in [0.5, 0.6) is 0 Å². The predicted octanol–water partition coefficient (Wildman–Crippen LogP) is 0.118. The van der Waals surface area contributed by atoms with Gasteiger partial charge >= 0.3 is 0 Å². The molecule has 0 aromatic carbocycles. The van der Waals surface area contributed by atoms with Crippen molar-refractivity contribution in [2.45, 2.75) is 44.7 Å². The van der Waals surface area contributed by atoms with Crippen molar-refractivity contribution in [1.29, 1.82) is 0 Å². The molecule has 4 rings (SSSR count). The molecular formula is C21H32N6O5. The van der Waals surface area contributed by atoms with Crippen LogP contribution in [0.1, 0.15) is 32.6 Å². The number of nitrogens with two attached hydrogens (primary N) is 1. The number of nitrogens with zero attached hydrogens (tertiary/aromatic N) is 4. The molecule has 11 heteroatoms. The van der Waals surface area contributed by atoms with Crippen LogP contribution in [0.4, 0.5) is 11.6 Å². The maximum absolute atomic E-state index is 12.8. The molecule has 2 bridgehead atoms. The number of amides is 2. The highest BCUT2D eigenvalue weighted by Crippen LogP contribution is 2.42. The summed E-state index contributed by atoms with van der Waals surface area (Å²) in [7, 11) is 0. The number of carbonyl (C=O) groups is 3. The average Bonchev–Trinajstić information content (AvgIpc) is 2.78. The topological polar surface area (TPSA) is 151 Å². The molecular weight excluding hydrogens is 416 g/mol. The first-order valence-electron chi connectivity index (χ1n) is 11.0. The lowest BCUT2D eigenvalue weighted by Crippen LogP contribution is -2.67. The van der Waals surface area contributed by atoms with Crippen LogP contribution in [0.15, 0.2) is 12.4 Å². The highest BCUT2D eigenvalue weighted by Gasteiger charge is 2.49. The number of nitrogens with one attached hydrogen (secondary N) is 1. The molecule has 1 aromatic rings. The lowest BCUT2D eigenvalue weighted by molar-refractivity contribution is -0.149. The minimum atomic E-state index is -0.250. The molecule has 0 unspecified atom stereocenters. The van der Waals surface area contributed by atoms with E-state index < -0.39 is 0 Å². The number of piperidine rings is 3. The maximum Gasteiger partial charge on any atom is 0.290 e. The summed E-state index contributed by atoms with van der Waals surface area (Å²) in [6.45, 7) is 4.29. The molecule has 0 aliphatic carbocycles. The summed E-state index contributed by atoms with van der Waals surface area (Å²) < 4.78 is 5.20. The van der Waals surface area contributed by atoms with Crippen molar-refractivity contribution in [1.82, 2.24) is 20.2 Å². The summed E-state index contributed by atoms with van der Waals surface area (Å²) >= 11 is 0. The number of carboxylic acid groups (broad SMARTS) is 1. The smallest absolute Gasteiger partial charge is 0.290 e. The van der Waals surface area contributed by atoms with Crippen LogP contribution in [-0.4, -0.2) is 83.2 Å². The summed E-state index contributed by atoms with van der Waals surface area (Å²) in [6, 6.07) is 2.03. The normalized spacial score (nSPS) is 26.5. The second kappa shape index (κ2) is 11.1. The van der Waals surface area contributed by atoms with Gasteiger partial charge in [0.15, 0.2) is 0 Å². The van der Waals surface area contributed by atoms with Gasteiger partial charge in [0.25, 0.3) is 6.47 Å². The third kappa shape index (κ3) is 5.45. The maximum atomic E-state index is 12.8. The molecule has 0 spiro atoms. The van der Waals surface area contributed by atoms with E-state index in [2.05, 4.69) is 25.1 Å². The molecule has 4 N–H and O–H groups in total. The van der Waals surface area contributed by atoms with Crippen LogP contribution in [0.3, 0.4) is 0 Å². The molecule has 3 aliphatic heterocycles. The molecule has 1 aromatic heterocycles. The standard InChI is InChI=1S/C20H30N6O3.CH2O2/c1-2-29-11-19(27)22-8-16-14-6-13(15-4-3-5-20(28)26(15)16)9-25(10-14)18-7-17(21)23-12-24-18;2-1-3/h7,12-16H,2-6,8-11H2,1H3,(H,22,27)(H2,21,23,24);1H,(H,2,3)/t13-,14+,15+,16+;/m1./s1. The number of fused-ring (bicyclic) bond motifs is 4. The first kappa shape index (κ1) is 23.7. The van der Waals surface area contributed by atoms with Crippen LogP contribution in [0.2, 0.25) is 0 Å². The van der Waals surface area contributed by atoms with E-state index in [0.717, 1.165) is 38.2 Å². The molecule has 2 amide bonds. The van der Waals surface area contributed by atoms with Crippen molar-refractivity contribution in [3.63, 3.8) is 0 Å². The lowest BCUT2D eigenvalue weighted by atomic mass is 9.72. The Labute approximate surface area is 187 Å². The summed E-state index contributed by atoms with van der Waals surface area (Å²) in [5.74, 6) is 2.06. The van der Waals surface area contributed by atoms with Gasteiger partial charge in [-0.15, -0.1) is 0 Å². The molecule has 0 saturated carbocycles. The van der Waals surface area contributed by atoms with Crippen molar-refractivity contribution in [2.75, 3.05) is 43.5 Å². The number of nitrogen functional groups attached to an aromatic ring is 1. The van der Waals surface area contributed by atoms with Crippen molar-refractivity contribution in [3.05, 3.63) is 12.4 Å². The average molecular weight is 449 g/mol. The number of hydrogen-bond donors (Lipinski definition) is 3. The number of hydrogen-bond acceptors (Lipinski definition) is 8. The van der Waals surface area contributed by atoms with E-state index in [9.17, 15) is 9.59 Å². The third-order valence-electron chi connectivity index (χ3n) is 6.44. The van der Waals surface area contributed by atoms with Crippen LogP contribution >= 0.6 is 0 Å². The monoisotopic (exact) mass is 448 g/mol. The van der Waals surface area contributed by atoms with Gasteiger partial charge in [0.2, 0.25) is 11.8 Å². The van der Waals surface area contributed by atoms with Gasteiger partial charge in [0.1, 0.15) is 24.6 Å². The Morgan fingerprint density at radius 2 is 2.12 bits per heavy atom. The van der Waals surface area contributed by atoms with Gasteiger partial charge < -0.3 is 30.7 Å². The summed E-state index contributed by atoms with van der Waals surface area (Å²) in [6.07, 6.45) is 5.12. The second-order valence-corrected chi connectivity index (χ2v) is 8.34. The van der Waals surface area contributed by atoms with Crippen LogP contribution in [0, 0.1) is 11.8 Å². The van der Waals surface area contributed by atoms with E-state index in [1.54, 1.807) is 0 Å². The summed E-state index contributed by atoms with van der Waals surface area (Å²) in [5.41, 5.74) is 5.86. The van der Waals surface area contributed by atoms with Crippen LogP contribution < -0.4 is 16.0 Å². The van der Waals surface area contributed by atoms with E-state index in [0.29, 0.717) is 31.3 Å². The van der Waals surface area contributed by atoms with Crippen molar-refractivity contribution >= 4 is 29.9 Å². The number of rotatable bonds is 6. The van der Waals surface area contributed by atoms with Gasteiger partial charge in [-0.25, -0.2) is 9.97 Å². The molecule has 176 valence electrons. The van der Waals surface area contributed by atoms with E-state index in [-0.39, 0.29) is 42.9 Å². The van der Waals surface area contributed by atoms with Crippen LogP contribution in [-0.2, 0) is 19.1 Å². The minimum Gasteiger partial charge on any atom is -0.483 e. The number of ether oxygens (including phenoxy) is 1. The highest BCUT2D eigenvalue weighted by atomic mass is 16.5. The lowest BCUT2D eigenvalue weighted by Gasteiger charge is -2.56. The molecule has 11 nitrogen and oxygen atoms in total. The Morgan fingerprint density at radius 3 is 2.84 bits per heavy atom. The first-order chi connectivity index (χ1) is 15.5. The summed E-state index contributed by atoms with van der Waals surface area (Å²) in [5, 5.41) is 9.87. The number of carbonyl (C=O) groups excluding carboxylic acids is 2. The Balaban J connectivity index is 0.000000913. The SMILES string of the molecule is CCOCC(=O)NC[C@H]1[C@H]2C[C@H](CN(c3cc(N)ncn3)C2)[C@@H]2CCCC(=O)N21.O=CO. The van der Waals surface area contributed by atoms with E-state index >= 15 is 0 Å². The zero-order valence-electron chi connectivity index (χ0n) is 18.4. The Hall–Kier alpha value is -2.95. The molecule has 32 heavy (non-hydrogen) atoms. The van der Waals surface area contributed by atoms with E-state index in [1.165, 1.54) is 6.33 Å². The molecule has 4 atom stereocenters. The van der Waals surface area contributed by atoms with Crippen molar-refractivity contribution < 1.29 is 24.2 Å². The zero-order chi connectivity index (χ0) is 23.1. The number of aromatic nitrogens is 2. The van der Waals surface area contributed by atoms with Gasteiger partial charge in [0.05, 0.1) is 6.04 Å². The summed E-state index contributed by atoms with van der Waals surface area (Å²) in [4.78, 5) is 46.1. The fraction of sp³-hybridized carbons (Fsp3) is 0.667. The predicted molar refractivity (Wildman–Crippen MR) is 117 cm³/mol. The van der Waals surface area contributed by atoms with Crippen LogP contribution in [0.25, 0.3) is 0 Å². The van der Waals surface area contributed by atoms with Gasteiger partial charge in [-0.1, -0.05) is 0 Å². The Bertz CT molecular complexity index is 809. The van der Waals surface area contributed by atoms with Gasteiger partial charge in [-0.05, 0) is 38.0 Å².